The smallest absolute Gasteiger partial charge is 0.408 e. The second kappa shape index (κ2) is 8.48. The van der Waals surface area contributed by atoms with E-state index in [-0.39, 0.29) is 0 Å². The predicted molar refractivity (Wildman–Crippen MR) is 87.1 cm³/mol. The second-order valence-corrected chi connectivity index (χ2v) is 6.67. The lowest BCUT2D eigenvalue weighted by Gasteiger charge is -2.22. The highest BCUT2D eigenvalue weighted by Gasteiger charge is 2.18. The zero-order chi connectivity index (χ0) is 16.6. The zero-order valence-corrected chi connectivity index (χ0v) is 13.7. The molecule has 1 amide bonds. The van der Waals surface area contributed by atoms with E-state index in [1.54, 1.807) is 20.8 Å². The number of ether oxygens (including phenoxy) is 1. The number of carboxylic acids is 1. The fraction of sp³-hybridized carbons (Fsp3) is 0.375. The first kappa shape index (κ1) is 18.1. The van der Waals surface area contributed by atoms with Gasteiger partial charge in [-0.15, -0.1) is 11.8 Å². The summed E-state index contributed by atoms with van der Waals surface area (Å²) in [5.41, 5.74) is -0.599. The summed E-state index contributed by atoms with van der Waals surface area (Å²) in [4.78, 5) is 23.5. The number of carboxylic acid groups (broad SMARTS) is 1. The molecule has 0 spiro atoms. The van der Waals surface area contributed by atoms with Gasteiger partial charge >= 0.3 is 12.1 Å². The number of hydrogen-bond donors (Lipinski definition) is 2. The number of benzene rings is 1. The average molecular weight is 323 g/mol. The molecule has 0 aliphatic heterocycles. The molecule has 0 bridgehead atoms. The molecule has 0 fully saturated rings. The number of amides is 1. The zero-order valence-electron chi connectivity index (χ0n) is 12.9. The van der Waals surface area contributed by atoms with Crippen LogP contribution >= 0.6 is 11.8 Å². The minimum absolute atomic E-state index is 0.434. The van der Waals surface area contributed by atoms with E-state index in [0.717, 1.165) is 11.0 Å². The Morgan fingerprint density at radius 3 is 2.50 bits per heavy atom. The molecule has 0 saturated heterocycles. The van der Waals surface area contributed by atoms with Crippen molar-refractivity contribution in [2.24, 2.45) is 0 Å². The van der Waals surface area contributed by atoms with Gasteiger partial charge in [0.1, 0.15) is 5.60 Å². The third-order valence-corrected chi connectivity index (χ3v) is 3.48. The Bertz CT molecular complexity index is 523. The maximum atomic E-state index is 11.8. The topological polar surface area (TPSA) is 75.6 Å². The number of carbonyl (C=O) groups excluding carboxylic acids is 1. The second-order valence-electron chi connectivity index (χ2n) is 5.57. The number of rotatable bonds is 6. The minimum atomic E-state index is -1.05. The number of hydrogen-bond acceptors (Lipinski definition) is 4. The molecular formula is C16H21NO4S. The summed E-state index contributed by atoms with van der Waals surface area (Å²) < 4.78 is 5.19. The summed E-state index contributed by atoms with van der Waals surface area (Å²) in [6, 6.07) is 9.24. The van der Waals surface area contributed by atoms with Crippen LogP contribution in [0, 0.1) is 0 Å². The van der Waals surface area contributed by atoms with E-state index in [9.17, 15) is 9.59 Å². The van der Waals surface area contributed by atoms with Crippen molar-refractivity contribution in [2.45, 2.75) is 37.3 Å². The highest BCUT2D eigenvalue weighted by Crippen LogP contribution is 2.18. The van der Waals surface area contributed by atoms with Gasteiger partial charge in [-0.25, -0.2) is 9.59 Å². The van der Waals surface area contributed by atoms with Crippen molar-refractivity contribution in [1.29, 1.82) is 0 Å². The van der Waals surface area contributed by atoms with Crippen LogP contribution in [0.4, 0.5) is 4.79 Å². The van der Waals surface area contributed by atoms with Crippen molar-refractivity contribution in [2.75, 3.05) is 5.75 Å². The molecule has 0 heterocycles. The molecule has 0 saturated carbocycles. The van der Waals surface area contributed by atoms with Crippen molar-refractivity contribution in [1.82, 2.24) is 5.32 Å². The van der Waals surface area contributed by atoms with Gasteiger partial charge in [-0.2, -0.15) is 0 Å². The van der Waals surface area contributed by atoms with Crippen LogP contribution in [0.25, 0.3) is 0 Å². The molecular weight excluding hydrogens is 302 g/mol. The minimum Gasteiger partial charge on any atom is -0.478 e. The first-order valence-corrected chi connectivity index (χ1v) is 7.83. The fourth-order valence-corrected chi connectivity index (χ4v) is 2.42. The Labute approximate surface area is 134 Å². The third-order valence-electron chi connectivity index (χ3n) is 2.35. The van der Waals surface area contributed by atoms with E-state index in [1.807, 2.05) is 30.3 Å². The van der Waals surface area contributed by atoms with Gasteiger partial charge in [-0.1, -0.05) is 24.3 Å². The molecule has 1 unspecified atom stereocenters. The fourth-order valence-electron chi connectivity index (χ4n) is 1.51. The van der Waals surface area contributed by atoms with Gasteiger partial charge in [-0.3, -0.25) is 0 Å². The molecule has 1 aromatic rings. The molecule has 1 aromatic carbocycles. The van der Waals surface area contributed by atoms with E-state index in [4.69, 9.17) is 9.84 Å². The molecule has 0 aromatic heterocycles. The quantitative estimate of drug-likeness (QED) is 0.620. The van der Waals surface area contributed by atoms with Crippen molar-refractivity contribution in [3.63, 3.8) is 0 Å². The van der Waals surface area contributed by atoms with Gasteiger partial charge in [0.2, 0.25) is 0 Å². The van der Waals surface area contributed by atoms with Crippen molar-refractivity contribution in [3.8, 4) is 0 Å². The highest BCUT2D eigenvalue weighted by molar-refractivity contribution is 7.99. The summed E-state index contributed by atoms with van der Waals surface area (Å²) in [5.74, 6) is -0.548. The molecule has 0 radical (unpaired) electrons. The lowest BCUT2D eigenvalue weighted by molar-refractivity contribution is -0.131. The van der Waals surface area contributed by atoms with Crippen molar-refractivity contribution in [3.05, 3.63) is 42.5 Å². The van der Waals surface area contributed by atoms with E-state index in [0.29, 0.717) is 5.75 Å². The summed E-state index contributed by atoms with van der Waals surface area (Å²) >= 11 is 1.53. The largest absolute Gasteiger partial charge is 0.478 e. The molecule has 0 aliphatic rings. The van der Waals surface area contributed by atoms with Gasteiger partial charge in [0, 0.05) is 16.7 Å². The van der Waals surface area contributed by atoms with E-state index < -0.39 is 23.7 Å². The number of carbonyl (C=O) groups is 2. The van der Waals surface area contributed by atoms with Crippen LogP contribution in [-0.4, -0.2) is 34.6 Å². The lowest BCUT2D eigenvalue weighted by Crippen LogP contribution is -2.39. The Morgan fingerprint density at radius 1 is 1.32 bits per heavy atom. The van der Waals surface area contributed by atoms with Gasteiger partial charge < -0.3 is 15.2 Å². The maximum Gasteiger partial charge on any atom is 0.408 e. The number of thioether (sulfide) groups is 1. The standard InChI is InChI=1S/C16H21NO4S/c1-16(2,3)21-15(20)17-12(9-10-14(18)19)11-22-13-7-5-4-6-8-13/h4-10,12H,11H2,1-3H3,(H,17,20)(H,18,19)/b10-9+. The molecule has 1 atom stereocenters. The van der Waals surface area contributed by atoms with Crippen molar-refractivity contribution >= 4 is 23.8 Å². The van der Waals surface area contributed by atoms with Crippen LogP contribution in [0.1, 0.15) is 20.8 Å². The molecule has 120 valence electrons. The average Bonchev–Trinajstić information content (AvgIpc) is 2.41. The predicted octanol–water partition coefficient (Wildman–Crippen LogP) is 3.31. The number of nitrogens with one attached hydrogen (secondary N) is 1. The van der Waals surface area contributed by atoms with E-state index in [2.05, 4.69) is 5.32 Å². The molecule has 1 rings (SSSR count). The summed E-state index contributed by atoms with van der Waals surface area (Å²) in [7, 11) is 0. The van der Waals surface area contributed by atoms with Crippen LogP contribution in [0.15, 0.2) is 47.4 Å². The number of alkyl carbamates (subject to hydrolysis) is 1. The Balaban J connectivity index is 2.63. The third kappa shape index (κ3) is 8.36. The Kier molecular flexibility index (Phi) is 6.98. The van der Waals surface area contributed by atoms with E-state index in [1.165, 1.54) is 17.8 Å². The normalized spacial score (nSPS) is 12.9. The maximum absolute atomic E-state index is 11.8. The molecule has 2 N–H and O–H groups in total. The summed E-state index contributed by atoms with van der Waals surface area (Å²) in [6.07, 6.45) is 1.90. The summed E-state index contributed by atoms with van der Waals surface area (Å²) in [6.45, 7) is 5.31. The van der Waals surface area contributed by atoms with Crippen LogP contribution in [-0.2, 0) is 9.53 Å². The molecule has 6 heteroatoms. The van der Waals surface area contributed by atoms with E-state index >= 15 is 0 Å². The van der Waals surface area contributed by atoms with Crippen LogP contribution in [0.5, 0.6) is 0 Å². The Hall–Kier alpha value is -1.95. The van der Waals surface area contributed by atoms with Crippen LogP contribution in [0.3, 0.4) is 0 Å². The monoisotopic (exact) mass is 323 g/mol. The molecule has 0 aliphatic carbocycles. The molecule has 5 nitrogen and oxygen atoms in total. The van der Waals surface area contributed by atoms with Crippen LogP contribution < -0.4 is 5.32 Å². The van der Waals surface area contributed by atoms with Crippen molar-refractivity contribution < 1.29 is 19.4 Å². The summed E-state index contributed by atoms with van der Waals surface area (Å²) in [5, 5.41) is 11.4. The van der Waals surface area contributed by atoms with Gasteiger partial charge in [-0.05, 0) is 32.9 Å². The number of aliphatic carboxylic acids is 1. The first-order chi connectivity index (χ1) is 10.3. The van der Waals surface area contributed by atoms with Gasteiger partial charge in [0.15, 0.2) is 0 Å². The van der Waals surface area contributed by atoms with Gasteiger partial charge in [0.05, 0.1) is 6.04 Å². The SMILES string of the molecule is CC(C)(C)OC(=O)NC(/C=C/C(=O)O)CSc1ccccc1. The lowest BCUT2D eigenvalue weighted by atomic mass is 10.2. The Morgan fingerprint density at radius 2 is 1.95 bits per heavy atom. The van der Waals surface area contributed by atoms with Crippen LogP contribution in [0.2, 0.25) is 0 Å². The first-order valence-electron chi connectivity index (χ1n) is 6.85. The van der Waals surface area contributed by atoms with Gasteiger partial charge in [0.25, 0.3) is 0 Å². The molecule has 22 heavy (non-hydrogen) atoms. The highest BCUT2D eigenvalue weighted by atomic mass is 32.2.